The fourth-order valence-electron chi connectivity index (χ4n) is 2.30. The van der Waals surface area contributed by atoms with E-state index in [1.54, 1.807) is 6.20 Å². The molecule has 1 amide bonds. The minimum absolute atomic E-state index is 0.0794. The first-order valence-corrected chi connectivity index (χ1v) is 8.82. The summed E-state index contributed by atoms with van der Waals surface area (Å²) in [6, 6.07) is 9.34. The molecule has 2 N–H and O–H groups in total. The van der Waals surface area contributed by atoms with Gasteiger partial charge < -0.3 is 10.6 Å². The summed E-state index contributed by atoms with van der Waals surface area (Å²) in [6.07, 6.45) is 5.08. The van der Waals surface area contributed by atoms with Gasteiger partial charge in [0.05, 0.1) is 5.56 Å². The Morgan fingerprint density at radius 1 is 1.20 bits per heavy atom. The van der Waals surface area contributed by atoms with E-state index in [1.165, 1.54) is 6.33 Å². The number of hydrogen-bond acceptors (Lipinski definition) is 5. The van der Waals surface area contributed by atoms with Crippen LogP contribution in [-0.4, -0.2) is 38.5 Å². The number of rotatable bonds is 6. The van der Waals surface area contributed by atoms with E-state index in [0.29, 0.717) is 24.5 Å². The summed E-state index contributed by atoms with van der Waals surface area (Å²) in [5, 5.41) is 6.08. The molecular formula is C17H17IN6O. The monoisotopic (exact) mass is 448 g/mol. The van der Waals surface area contributed by atoms with Crippen molar-refractivity contribution in [3.05, 3.63) is 64.0 Å². The van der Waals surface area contributed by atoms with Gasteiger partial charge in [0.2, 0.25) is 0 Å². The highest BCUT2D eigenvalue weighted by Crippen LogP contribution is 2.12. The highest BCUT2D eigenvalue weighted by molar-refractivity contribution is 14.1. The number of nitrogens with zero attached hydrogens (tertiary/aromatic N) is 4. The number of carbonyl (C=O) groups is 1. The number of imidazole rings is 1. The topological polar surface area (TPSA) is 84.7 Å². The standard InChI is InChI=1S/C17H17IN6O/c1-12-19-8-9-24(12)16-10-15(22-11-23-16)20-6-7-21-17(25)13-4-2-3-5-14(13)18/h2-5,8-11H,6-7H2,1H3,(H,21,25)(H,20,22,23). The van der Waals surface area contributed by atoms with Crippen molar-refractivity contribution in [3.63, 3.8) is 0 Å². The molecule has 0 bridgehead atoms. The molecule has 7 nitrogen and oxygen atoms in total. The van der Waals surface area contributed by atoms with Gasteiger partial charge in [-0.2, -0.15) is 0 Å². The van der Waals surface area contributed by atoms with Gasteiger partial charge in [0.1, 0.15) is 23.8 Å². The van der Waals surface area contributed by atoms with Gasteiger partial charge in [-0.25, -0.2) is 15.0 Å². The number of aryl methyl sites for hydroxylation is 1. The largest absolute Gasteiger partial charge is 0.368 e. The van der Waals surface area contributed by atoms with Crippen LogP contribution in [0.3, 0.4) is 0 Å². The lowest BCUT2D eigenvalue weighted by Crippen LogP contribution is -2.29. The van der Waals surface area contributed by atoms with Crippen LogP contribution in [0.15, 0.2) is 49.1 Å². The molecule has 25 heavy (non-hydrogen) atoms. The molecular weight excluding hydrogens is 431 g/mol. The average Bonchev–Trinajstić information content (AvgIpc) is 3.05. The molecule has 0 atom stereocenters. The lowest BCUT2D eigenvalue weighted by atomic mass is 10.2. The number of nitrogens with one attached hydrogen (secondary N) is 2. The van der Waals surface area contributed by atoms with Gasteiger partial charge in [0.15, 0.2) is 0 Å². The molecule has 0 spiro atoms. The molecule has 128 valence electrons. The maximum Gasteiger partial charge on any atom is 0.252 e. The average molecular weight is 448 g/mol. The Balaban J connectivity index is 1.54. The third-order valence-electron chi connectivity index (χ3n) is 3.56. The first-order valence-electron chi connectivity index (χ1n) is 7.74. The molecule has 3 rings (SSSR count). The van der Waals surface area contributed by atoms with E-state index in [4.69, 9.17) is 0 Å². The maximum absolute atomic E-state index is 12.1. The molecule has 0 fully saturated rings. The van der Waals surface area contributed by atoms with E-state index in [2.05, 4.69) is 48.2 Å². The van der Waals surface area contributed by atoms with Crippen molar-refractivity contribution in [2.45, 2.75) is 6.92 Å². The van der Waals surface area contributed by atoms with Crippen molar-refractivity contribution in [2.24, 2.45) is 0 Å². The Morgan fingerprint density at radius 3 is 2.80 bits per heavy atom. The number of amides is 1. The lowest BCUT2D eigenvalue weighted by molar-refractivity contribution is 0.0954. The van der Waals surface area contributed by atoms with E-state index >= 15 is 0 Å². The Bertz CT molecular complexity index is 879. The van der Waals surface area contributed by atoms with Crippen molar-refractivity contribution in [1.82, 2.24) is 24.8 Å². The minimum atomic E-state index is -0.0794. The van der Waals surface area contributed by atoms with Crippen LogP contribution in [0.1, 0.15) is 16.2 Å². The predicted octanol–water partition coefficient (Wildman–Crippen LogP) is 2.42. The molecule has 1 aromatic carbocycles. The zero-order valence-corrected chi connectivity index (χ0v) is 15.8. The highest BCUT2D eigenvalue weighted by Gasteiger charge is 2.08. The van der Waals surface area contributed by atoms with Crippen LogP contribution in [0.2, 0.25) is 0 Å². The summed E-state index contributed by atoms with van der Waals surface area (Å²) >= 11 is 2.16. The Morgan fingerprint density at radius 2 is 2.04 bits per heavy atom. The normalized spacial score (nSPS) is 10.5. The highest BCUT2D eigenvalue weighted by atomic mass is 127. The lowest BCUT2D eigenvalue weighted by Gasteiger charge is -2.09. The summed E-state index contributed by atoms with van der Waals surface area (Å²) in [5.74, 6) is 2.22. The smallest absolute Gasteiger partial charge is 0.252 e. The maximum atomic E-state index is 12.1. The molecule has 8 heteroatoms. The molecule has 2 aromatic heterocycles. The zero-order chi connectivity index (χ0) is 17.6. The van der Waals surface area contributed by atoms with E-state index in [0.717, 1.165) is 15.2 Å². The van der Waals surface area contributed by atoms with Crippen LogP contribution in [-0.2, 0) is 0 Å². The van der Waals surface area contributed by atoms with E-state index in [9.17, 15) is 4.79 Å². The quantitative estimate of drug-likeness (QED) is 0.447. The Hall–Kier alpha value is -2.49. The summed E-state index contributed by atoms with van der Waals surface area (Å²) in [4.78, 5) is 24.8. The number of halogens is 1. The van der Waals surface area contributed by atoms with Gasteiger partial charge in [-0.15, -0.1) is 0 Å². The van der Waals surface area contributed by atoms with Gasteiger partial charge in [-0.05, 0) is 41.6 Å². The van der Waals surface area contributed by atoms with Crippen molar-refractivity contribution in [3.8, 4) is 5.82 Å². The number of benzene rings is 1. The second-order valence-corrected chi connectivity index (χ2v) is 6.43. The fraction of sp³-hybridized carbons (Fsp3) is 0.176. The van der Waals surface area contributed by atoms with Gasteiger partial charge in [-0.1, -0.05) is 12.1 Å². The molecule has 3 aromatic rings. The summed E-state index contributed by atoms with van der Waals surface area (Å²) < 4.78 is 2.81. The van der Waals surface area contributed by atoms with Gasteiger partial charge in [0, 0.05) is 35.1 Å². The van der Waals surface area contributed by atoms with Gasteiger partial charge in [-0.3, -0.25) is 9.36 Å². The van der Waals surface area contributed by atoms with Crippen molar-refractivity contribution in [1.29, 1.82) is 0 Å². The van der Waals surface area contributed by atoms with E-state index in [1.807, 2.05) is 48.0 Å². The van der Waals surface area contributed by atoms with Crippen LogP contribution in [0.25, 0.3) is 5.82 Å². The van der Waals surface area contributed by atoms with Crippen LogP contribution in [0, 0.1) is 10.5 Å². The van der Waals surface area contributed by atoms with Crippen molar-refractivity contribution in [2.75, 3.05) is 18.4 Å². The number of carbonyl (C=O) groups excluding carboxylic acids is 1. The van der Waals surface area contributed by atoms with Crippen LogP contribution >= 0.6 is 22.6 Å². The minimum Gasteiger partial charge on any atom is -0.368 e. The van der Waals surface area contributed by atoms with E-state index in [-0.39, 0.29) is 5.91 Å². The molecule has 0 aliphatic heterocycles. The molecule has 0 saturated heterocycles. The summed E-state index contributed by atoms with van der Waals surface area (Å²) in [6.45, 7) is 2.97. The SMILES string of the molecule is Cc1nccn1-c1cc(NCCNC(=O)c2ccccc2I)ncn1. The van der Waals surface area contributed by atoms with Crippen molar-refractivity contribution < 1.29 is 4.79 Å². The molecule has 0 unspecified atom stereocenters. The molecule has 0 aliphatic carbocycles. The van der Waals surface area contributed by atoms with Gasteiger partial charge >= 0.3 is 0 Å². The second-order valence-electron chi connectivity index (χ2n) is 5.27. The fourth-order valence-corrected chi connectivity index (χ4v) is 2.94. The Kier molecular flexibility index (Phi) is 5.59. The second kappa shape index (κ2) is 8.06. The zero-order valence-electron chi connectivity index (χ0n) is 13.6. The predicted molar refractivity (Wildman–Crippen MR) is 104 cm³/mol. The van der Waals surface area contributed by atoms with Gasteiger partial charge in [0.25, 0.3) is 5.91 Å². The molecule has 0 aliphatic rings. The molecule has 0 radical (unpaired) electrons. The third kappa shape index (κ3) is 4.32. The number of aromatic nitrogens is 4. The van der Waals surface area contributed by atoms with Crippen LogP contribution in [0.4, 0.5) is 5.82 Å². The summed E-state index contributed by atoms with van der Waals surface area (Å²) in [7, 11) is 0. The Labute approximate surface area is 159 Å². The first kappa shape index (κ1) is 17.3. The number of anilines is 1. The van der Waals surface area contributed by atoms with E-state index < -0.39 is 0 Å². The summed E-state index contributed by atoms with van der Waals surface area (Å²) in [5.41, 5.74) is 0.683. The van der Waals surface area contributed by atoms with Crippen molar-refractivity contribution >= 4 is 34.3 Å². The number of hydrogen-bond donors (Lipinski definition) is 2. The molecule has 2 heterocycles. The molecule has 0 saturated carbocycles. The first-order chi connectivity index (χ1) is 12.1. The third-order valence-corrected chi connectivity index (χ3v) is 4.50. The van der Waals surface area contributed by atoms with Crippen LogP contribution < -0.4 is 10.6 Å². The van der Waals surface area contributed by atoms with Crippen LogP contribution in [0.5, 0.6) is 0 Å².